The molecule has 10 heteroatoms. The Bertz CT molecular complexity index is 667. The van der Waals surface area contributed by atoms with Crippen molar-refractivity contribution in [3.8, 4) is 0 Å². The molecule has 0 aliphatic carbocycles. The number of anilines is 1. The number of aromatic nitrogens is 4. The predicted octanol–water partition coefficient (Wildman–Crippen LogP) is 1.80. The number of aldehydes is 1. The standard InChI is InChI=1S/C8H14ClN3.C5H5N3O3/c1-2-5-12-7(3-4-9)6-11-8(12)10;1-7-4(3-9)2-6-5(7)8(10)11/h6H,2-5H2,1H3,(H2,10,11);2-3H,1H3. The normalized spacial score (nSPS) is 10.0. The zero-order valence-electron chi connectivity index (χ0n) is 13.0. The number of halogens is 1. The first kappa shape index (κ1) is 18.6. The Morgan fingerprint density at radius 1 is 1.43 bits per heavy atom. The van der Waals surface area contributed by atoms with Gasteiger partial charge in [-0.1, -0.05) is 11.9 Å². The summed E-state index contributed by atoms with van der Waals surface area (Å²) in [4.78, 5) is 27.1. The lowest BCUT2D eigenvalue weighted by Crippen LogP contribution is -2.06. The molecule has 2 aromatic rings. The fraction of sp³-hybridized carbons (Fsp3) is 0.462. The minimum absolute atomic E-state index is 0.191. The van der Waals surface area contributed by atoms with E-state index in [1.165, 1.54) is 7.05 Å². The number of carbonyl (C=O) groups excluding carboxylic acids is 1. The van der Waals surface area contributed by atoms with Crippen LogP contribution in [0.15, 0.2) is 12.4 Å². The molecule has 0 fully saturated rings. The molecule has 0 amide bonds. The van der Waals surface area contributed by atoms with Gasteiger partial charge in [-0.25, -0.2) is 9.55 Å². The summed E-state index contributed by atoms with van der Waals surface area (Å²) in [6.45, 7) is 3.04. The van der Waals surface area contributed by atoms with E-state index >= 15 is 0 Å². The molecule has 2 rings (SSSR count). The van der Waals surface area contributed by atoms with Crippen LogP contribution in [0.4, 0.5) is 11.9 Å². The van der Waals surface area contributed by atoms with Crippen LogP contribution in [0, 0.1) is 10.1 Å². The summed E-state index contributed by atoms with van der Waals surface area (Å²) in [5.41, 5.74) is 6.99. The molecule has 0 bridgehead atoms. The molecule has 0 saturated heterocycles. The number of alkyl halides is 1. The van der Waals surface area contributed by atoms with Gasteiger partial charge in [0.2, 0.25) is 0 Å². The van der Waals surface area contributed by atoms with Crippen LogP contribution in [0.3, 0.4) is 0 Å². The number of nitrogens with two attached hydrogens (primary N) is 1. The van der Waals surface area contributed by atoms with Crippen LogP contribution in [-0.4, -0.2) is 36.2 Å². The first-order chi connectivity index (χ1) is 11.0. The summed E-state index contributed by atoms with van der Waals surface area (Å²) in [5, 5.41) is 10.2. The van der Waals surface area contributed by atoms with E-state index in [1.54, 1.807) is 6.20 Å². The van der Waals surface area contributed by atoms with E-state index in [-0.39, 0.29) is 11.6 Å². The second kappa shape index (κ2) is 8.89. The summed E-state index contributed by atoms with van der Waals surface area (Å²) in [6.07, 6.45) is 5.38. The van der Waals surface area contributed by atoms with Crippen LogP contribution < -0.4 is 5.73 Å². The molecule has 0 unspecified atom stereocenters. The zero-order chi connectivity index (χ0) is 17.4. The van der Waals surface area contributed by atoms with Gasteiger partial charge in [0.05, 0.1) is 13.2 Å². The maximum absolute atomic E-state index is 10.2. The van der Waals surface area contributed by atoms with E-state index in [2.05, 4.69) is 16.9 Å². The average Bonchev–Trinajstić information content (AvgIpc) is 3.05. The van der Waals surface area contributed by atoms with Crippen molar-refractivity contribution in [1.29, 1.82) is 0 Å². The molecule has 0 aliphatic rings. The van der Waals surface area contributed by atoms with Crippen LogP contribution >= 0.6 is 11.6 Å². The third-order valence-electron chi connectivity index (χ3n) is 3.05. The Morgan fingerprint density at radius 3 is 2.57 bits per heavy atom. The van der Waals surface area contributed by atoms with Crippen molar-refractivity contribution in [2.24, 2.45) is 7.05 Å². The lowest BCUT2D eigenvalue weighted by atomic mass is 10.3. The van der Waals surface area contributed by atoms with Crippen molar-refractivity contribution < 1.29 is 9.72 Å². The number of nitrogen functional groups attached to an aromatic ring is 1. The third kappa shape index (κ3) is 4.78. The minimum Gasteiger partial charge on any atom is -0.390 e. The topological polar surface area (TPSA) is 122 Å². The Labute approximate surface area is 138 Å². The summed E-state index contributed by atoms with van der Waals surface area (Å²) < 4.78 is 3.13. The van der Waals surface area contributed by atoms with Crippen molar-refractivity contribution in [3.63, 3.8) is 0 Å². The van der Waals surface area contributed by atoms with Gasteiger partial charge in [-0.05, 0) is 11.3 Å². The molecule has 0 saturated carbocycles. The summed E-state index contributed by atoms with van der Waals surface area (Å²) in [6, 6.07) is 0. The highest BCUT2D eigenvalue weighted by molar-refractivity contribution is 6.17. The van der Waals surface area contributed by atoms with Crippen molar-refractivity contribution >= 4 is 29.8 Å². The Hall–Kier alpha value is -2.42. The highest BCUT2D eigenvalue weighted by Crippen LogP contribution is 2.09. The van der Waals surface area contributed by atoms with Crippen LogP contribution in [0.5, 0.6) is 0 Å². The van der Waals surface area contributed by atoms with Gasteiger partial charge in [0.15, 0.2) is 17.9 Å². The number of imidazole rings is 2. The van der Waals surface area contributed by atoms with E-state index < -0.39 is 4.92 Å². The maximum Gasteiger partial charge on any atom is 0.434 e. The number of aryl methyl sites for hydroxylation is 1. The molecule has 0 aliphatic heterocycles. The second-order valence-corrected chi connectivity index (χ2v) is 4.99. The van der Waals surface area contributed by atoms with Gasteiger partial charge in [-0.15, -0.1) is 11.6 Å². The minimum atomic E-state index is -0.646. The number of carbonyl (C=O) groups is 1. The molecule has 0 radical (unpaired) electrons. The largest absolute Gasteiger partial charge is 0.434 e. The SMILES string of the molecule is CCCn1c(CCCl)cnc1N.Cn1c(C=O)cnc1[N+](=O)[O-]. The maximum atomic E-state index is 10.2. The fourth-order valence-electron chi connectivity index (χ4n) is 1.90. The van der Waals surface area contributed by atoms with Gasteiger partial charge in [-0.2, -0.15) is 0 Å². The number of nitro groups is 1. The smallest absolute Gasteiger partial charge is 0.390 e. The lowest BCUT2D eigenvalue weighted by Gasteiger charge is -2.06. The van der Waals surface area contributed by atoms with Crippen molar-refractivity contribution in [2.45, 2.75) is 26.3 Å². The summed E-state index contributed by atoms with van der Waals surface area (Å²) >= 11 is 5.64. The molecular weight excluding hydrogens is 324 g/mol. The fourth-order valence-corrected chi connectivity index (χ4v) is 2.09. The monoisotopic (exact) mass is 342 g/mol. The van der Waals surface area contributed by atoms with Crippen LogP contribution in [0.25, 0.3) is 0 Å². The highest BCUT2D eigenvalue weighted by atomic mass is 35.5. The van der Waals surface area contributed by atoms with Gasteiger partial charge in [0.1, 0.15) is 6.20 Å². The molecule has 0 aromatic carbocycles. The zero-order valence-corrected chi connectivity index (χ0v) is 13.7. The predicted molar refractivity (Wildman–Crippen MR) is 86.6 cm³/mol. The highest BCUT2D eigenvalue weighted by Gasteiger charge is 2.15. The van der Waals surface area contributed by atoms with Crippen LogP contribution in [0.1, 0.15) is 29.5 Å². The molecule has 126 valence electrons. The van der Waals surface area contributed by atoms with Crippen molar-refractivity contribution in [3.05, 3.63) is 33.9 Å². The quantitative estimate of drug-likeness (QED) is 0.369. The average molecular weight is 343 g/mol. The van der Waals surface area contributed by atoms with Crippen LogP contribution in [-0.2, 0) is 20.0 Å². The van der Waals surface area contributed by atoms with Gasteiger partial charge < -0.3 is 20.4 Å². The molecule has 0 atom stereocenters. The van der Waals surface area contributed by atoms with Crippen molar-refractivity contribution in [1.82, 2.24) is 19.1 Å². The molecule has 2 aromatic heterocycles. The van der Waals surface area contributed by atoms with Crippen molar-refractivity contribution in [2.75, 3.05) is 11.6 Å². The number of hydrogen-bond donors (Lipinski definition) is 1. The Balaban J connectivity index is 0.000000231. The molecule has 9 nitrogen and oxygen atoms in total. The molecule has 2 N–H and O–H groups in total. The number of hydrogen-bond acceptors (Lipinski definition) is 6. The van der Waals surface area contributed by atoms with Crippen LogP contribution in [0.2, 0.25) is 0 Å². The van der Waals surface area contributed by atoms with Gasteiger partial charge in [0.25, 0.3) is 0 Å². The molecular formula is C13H19ClN6O3. The van der Waals surface area contributed by atoms with Gasteiger partial charge in [0, 0.05) is 24.5 Å². The van der Waals surface area contributed by atoms with E-state index in [9.17, 15) is 14.9 Å². The Kier molecular flexibility index (Phi) is 7.20. The van der Waals surface area contributed by atoms with E-state index in [4.69, 9.17) is 17.3 Å². The Morgan fingerprint density at radius 2 is 2.13 bits per heavy atom. The van der Waals surface area contributed by atoms with E-state index in [0.717, 1.165) is 35.8 Å². The number of rotatable bonds is 6. The van der Waals surface area contributed by atoms with E-state index in [1.807, 2.05) is 4.57 Å². The first-order valence-electron chi connectivity index (χ1n) is 6.93. The van der Waals surface area contributed by atoms with E-state index in [0.29, 0.717) is 18.1 Å². The number of nitrogens with zero attached hydrogens (tertiary/aromatic N) is 5. The second-order valence-electron chi connectivity index (χ2n) is 4.62. The third-order valence-corrected chi connectivity index (χ3v) is 3.24. The molecule has 23 heavy (non-hydrogen) atoms. The first-order valence-corrected chi connectivity index (χ1v) is 7.46. The summed E-state index contributed by atoms with van der Waals surface area (Å²) in [5.74, 6) is 0.888. The molecule has 0 spiro atoms. The van der Waals surface area contributed by atoms with Gasteiger partial charge >= 0.3 is 5.95 Å². The lowest BCUT2D eigenvalue weighted by molar-refractivity contribution is -0.396. The summed E-state index contributed by atoms with van der Waals surface area (Å²) in [7, 11) is 1.41. The molecule has 2 heterocycles. The van der Waals surface area contributed by atoms with Gasteiger partial charge in [-0.3, -0.25) is 4.79 Å².